The van der Waals surface area contributed by atoms with E-state index in [1.54, 1.807) is 24.3 Å². The molecule has 2 heterocycles. The Bertz CT molecular complexity index is 1280. The van der Waals surface area contributed by atoms with Gasteiger partial charge in [-0.2, -0.15) is 0 Å². The Hall–Kier alpha value is -3.22. The van der Waals surface area contributed by atoms with Crippen LogP contribution in [-0.2, 0) is 9.59 Å². The van der Waals surface area contributed by atoms with E-state index in [-0.39, 0.29) is 11.8 Å². The summed E-state index contributed by atoms with van der Waals surface area (Å²) in [5.74, 6) is 1.12. The summed E-state index contributed by atoms with van der Waals surface area (Å²) >= 11 is 12.5. The maximum absolute atomic E-state index is 12.7. The number of benzene rings is 2. The molecule has 0 radical (unpaired) electrons. The lowest BCUT2D eigenvalue weighted by Gasteiger charge is -2.37. The van der Waals surface area contributed by atoms with Crippen molar-refractivity contribution in [3.8, 4) is 11.3 Å². The number of halogens is 2. The van der Waals surface area contributed by atoms with Gasteiger partial charge in [-0.3, -0.25) is 9.59 Å². The molecule has 0 spiro atoms. The first-order valence-corrected chi connectivity index (χ1v) is 12.8. The number of hydrogen-bond donors (Lipinski definition) is 1. The predicted octanol–water partition coefficient (Wildman–Crippen LogP) is 6.66. The van der Waals surface area contributed by atoms with Crippen LogP contribution in [0.25, 0.3) is 17.4 Å². The van der Waals surface area contributed by atoms with Crippen LogP contribution in [0.1, 0.15) is 31.1 Å². The van der Waals surface area contributed by atoms with E-state index < -0.39 is 0 Å². The van der Waals surface area contributed by atoms with Crippen LogP contribution >= 0.6 is 23.2 Å². The van der Waals surface area contributed by atoms with Gasteiger partial charge in [0.2, 0.25) is 11.8 Å². The summed E-state index contributed by atoms with van der Waals surface area (Å²) in [5.41, 5.74) is 3.37. The highest BCUT2D eigenvalue weighted by Gasteiger charge is 2.22. The van der Waals surface area contributed by atoms with Gasteiger partial charge in [-0.25, -0.2) is 0 Å². The number of carbonyl (C=O) groups is 2. The number of furan rings is 1. The lowest BCUT2D eigenvalue weighted by Crippen LogP contribution is -2.48. The number of rotatable bonds is 7. The number of amides is 2. The first-order valence-electron chi connectivity index (χ1n) is 12.0. The van der Waals surface area contributed by atoms with E-state index in [2.05, 4.69) is 10.2 Å². The van der Waals surface area contributed by atoms with E-state index in [4.69, 9.17) is 27.6 Å². The Balaban J connectivity index is 1.42. The van der Waals surface area contributed by atoms with Crippen molar-refractivity contribution in [1.82, 2.24) is 4.90 Å². The Kier molecular flexibility index (Phi) is 8.39. The summed E-state index contributed by atoms with van der Waals surface area (Å²) < 4.78 is 5.86. The summed E-state index contributed by atoms with van der Waals surface area (Å²) in [7, 11) is 0. The van der Waals surface area contributed by atoms with E-state index in [9.17, 15) is 9.59 Å². The van der Waals surface area contributed by atoms with Crippen LogP contribution < -0.4 is 10.2 Å². The van der Waals surface area contributed by atoms with Crippen LogP contribution in [0.3, 0.4) is 0 Å². The highest BCUT2D eigenvalue weighted by Crippen LogP contribution is 2.31. The zero-order chi connectivity index (χ0) is 25.7. The van der Waals surface area contributed by atoms with Gasteiger partial charge in [0.1, 0.15) is 11.5 Å². The molecule has 0 aliphatic carbocycles. The van der Waals surface area contributed by atoms with Gasteiger partial charge in [0.05, 0.1) is 11.4 Å². The van der Waals surface area contributed by atoms with E-state index in [0.29, 0.717) is 59.9 Å². The fraction of sp³-hybridized carbons (Fsp3) is 0.286. The third kappa shape index (κ3) is 6.31. The Labute approximate surface area is 221 Å². The first-order chi connectivity index (χ1) is 17.3. The van der Waals surface area contributed by atoms with Gasteiger partial charge in [0.25, 0.3) is 0 Å². The quantitative estimate of drug-likeness (QED) is 0.350. The number of carbonyl (C=O) groups excluding carboxylic acids is 2. The number of nitrogens with one attached hydrogen (secondary N) is 1. The zero-order valence-corrected chi connectivity index (χ0v) is 21.9. The summed E-state index contributed by atoms with van der Waals surface area (Å²) in [6.45, 7) is 6.64. The monoisotopic (exact) mass is 525 g/mol. The molecule has 1 N–H and O–H groups in total. The minimum Gasteiger partial charge on any atom is -0.457 e. The number of aryl methyl sites for hydroxylation is 1. The van der Waals surface area contributed by atoms with Crippen molar-refractivity contribution in [2.24, 2.45) is 0 Å². The van der Waals surface area contributed by atoms with Crippen molar-refractivity contribution in [3.05, 3.63) is 76.0 Å². The molecule has 1 aromatic heterocycles. The summed E-state index contributed by atoms with van der Waals surface area (Å²) in [4.78, 5) is 29.0. The molecule has 0 atom stereocenters. The van der Waals surface area contributed by atoms with E-state index in [1.807, 2.05) is 49.1 Å². The lowest BCUT2D eigenvalue weighted by molar-refractivity contribution is -0.131. The molecule has 6 nitrogen and oxygen atoms in total. The first kappa shape index (κ1) is 25.9. The molecule has 8 heteroatoms. The SMILES string of the molecule is CCCC(=O)N1CCN(c2ccc(Cl)cc2NC(=O)/C=C/c2ccc(-c3ccc(C)c(Cl)c3)o2)CC1. The van der Waals surface area contributed by atoms with Crippen LogP contribution in [-0.4, -0.2) is 42.9 Å². The second-order valence-electron chi connectivity index (χ2n) is 8.77. The third-order valence-electron chi connectivity index (χ3n) is 6.14. The molecule has 188 valence electrons. The molecule has 0 saturated carbocycles. The summed E-state index contributed by atoms with van der Waals surface area (Å²) in [6.07, 6.45) is 4.47. The van der Waals surface area contributed by atoms with Gasteiger partial charge >= 0.3 is 0 Å². The highest BCUT2D eigenvalue weighted by molar-refractivity contribution is 6.31. The molecular formula is C28H29Cl2N3O3. The van der Waals surface area contributed by atoms with Crippen LogP contribution in [0, 0.1) is 6.92 Å². The molecule has 1 fully saturated rings. The van der Waals surface area contributed by atoms with Crippen molar-refractivity contribution >= 4 is 52.5 Å². The zero-order valence-electron chi connectivity index (χ0n) is 20.4. The van der Waals surface area contributed by atoms with Gasteiger partial charge in [0, 0.05) is 54.3 Å². The molecule has 1 aliphatic rings. The van der Waals surface area contributed by atoms with Crippen LogP contribution in [0.2, 0.25) is 10.0 Å². The van der Waals surface area contributed by atoms with Crippen molar-refractivity contribution in [2.75, 3.05) is 36.4 Å². The fourth-order valence-corrected chi connectivity index (χ4v) is 4.48. The number of anilines is 2. The molecule has 36 heavy (non-hydrogen) atoms. The topological polar surface area (TPSA) is 65.8 Å². The van der Waals surface area contributed by atoms with Crippen molar-refractivity contribution in [1.29, 1.82) is 0 Å². The smallest absolute Gasteiger partial charge is 0.248 e. The average molecular weight is 526 g/mol. The largest absolute Gasteiger partial charge is 0.457 e. The second-order valence-corrected chi connectivity index (χ2v) is 9.61. The maximum Gasteiger partial charge on any atom is 0.248 e. The second kappa shape index (κ2) is 11.7. The molecule has 2 amide bonds. The summed E-state index contributed by atoms with van der Waals surface area (Å²) in [5, 5.41) is 4.14. The Morgan fingerprint density at radius 1 is 1.03 bits per heavy atom. The van der Waals surface area contributed by atoms with Crippen molar-refractivity contribution in [2.45, 2.75) is 26.7 Å². The standard InChI is InChI=1S/C28H29Cl2N3O3/c1-3-4-28(35)33-15-13-32(14-16-33)25-10-7-21(29)18-24(25)31-27(34)12-9-22-8-11-26(36-22)20-6-5-19(2)23(30)17-20/h5-12,17-18H,3-4,13-16H2,1-2H3,(H,31,34)/b12-9+. The number of piperazine rings is 1. The molecule has 1 aliphatic heterocycles. The van der Waals surface area contributed by atoms with E-state index in [0.717, 1.165) is 23.2 Å². The molecule has 4 rings (SSSR count). The van der Waals surface area contributed by atoms with Gasteiger partial charge in [-0.15, -0.1) is 0 Å². The van der Waals surface area contributed by atoms with Crippen LogP contribution in [0.15, 0.2) is 59.0 Å². The maximum atomic E-state index is 12.7. The molecule has 1 saturated heterocycles. The molecular weight excluding hydrogens is 497 g/mol. The molecule has 0 unspecified atom stereocenters. The number of nitrogens with zero attached hydrogens (tertiary/aromatic N) is 2. The number of hydrogen-bond acceptors (Lipinski definition) is 4. The van der Waals surface area contributed by atoms with Crippen molar-refractivity contribution in [3.63, 3.8) is 0 Å². The fourth-order valence-electron chi connectivity index (χ4n) is 4.13. The molecule has 2 aromatic carbocycles. The highest BCUT2D eigenvalue weighted by atomic mass is 35.5. The average Bonchev–Trinajstić information content (AvgIpc) is 3.34. The van der Waals surface area contributed by atoms with Gasteiger partial charge < -0.3 is 19.5 Å². The summed E-state index contributed by atoms with van der Waals surface area (Å²) in [6, 6.07) is 14.8. The van der Waals surface area contributed by atoms with Crippen molar-refractivity contribution < 1.29 is 14.0 Å². The third-order valence-corrected chi connectivity index (χ3v) is 6.78. The predicted molar refractivity (Wildman–Crippen MR) is 147 cm³/mol. The van der Waals surface area contributed by atoms with E-state index >= 15 is 0 Å². The van der Waals surface area contributed by atoms with Gasteiger partial charge in [0.15, 0.2) is 0 Å². The van der Waals surface area contributed by atoms with Gasteiger partial charge in [-0.1, -0.05) is 42.3 Å². The van der Waals surface area contributed by atoms with Crippen LogP contribution in [0.5, 0.6) is 0 Å². The minimum atomic E-state index is -0.299. The lowest BCUT2D eigenvalue weighted by atomic mass is 10.1. The Morgan fingerprint density at radius 3 is 2.53 bits per heavy atom. The Morgan fingerprint density at radius 2 is 1.81 bits per heavy atom. The molecule has 0 bridgehead atoms. The van der Waals surface area contributed by atoms with Crippen LogP contribution in [0.4, 0.5) is 11.4 Å². The minimum absolute atomic E-state index is 0.193. The van der Waals surface area contributed by atoms with E-state index in [1.165, 1.54) is 6.08 Å². The van der Waals surface area contributed by atoms with Gasteiger partial charge in [-0.05, 0) is 61.4 Å². The normalized spacial score (nSPS) is 13.9. The molecule has 3 aromatic rings.